The molecule has 0 radical (unpaired) electrons. The lowest BCUT2D eigenvalue weighted by molar-refractivity contribution is 0.379. The highest BCUT2D eigenvalue weighted by Crippen LogP contribution is 2.23. The lowest BCUT2D eigenvalue weighted by atomic mass is 10.1. The Bertz CT molecular complexity index is 736. The number of hydrogen-bond donors (Lipinski definition) is 1. The van der Waals surface area contributed by atoms with Crippen LogP contribution in [0.5, 0.6) is 0 Å². The van der Waals surface area contributed by atoms with E-state index in [9.17, 15) is 0 Å². The monoisotopic (exact) mass is 316 g/mol. The van der Waals surface area contributed by atoms with E-state index in [0.29, 0.717) is 36.1 Å². The van der Waals surface area contributed by atoms with E-state index >= 15 is 0 Å². The zero-order chi connectivity index (χ0) is 15.4. The topological polar surface area (TPSA) is 91.0 Å². The first-order valence-corrected chi connectivity index (χ1v) is 8.27. The zero-order valence-electron chi connectivity index (χ0n) is 12.2. The van der Waals surface area contributed by atoms with Crippen molar-refractivity contribution in [3.8, 4) is 23.0 Å². The van der Waals surface area contributed by atoms with E-state index in [2.05, 4.69) is 33.7 Å². The lowest BCUT2D eigenvalue weighted by Gasteiger charge is -1.98. The molecule has 6 nitrogen and oxygen atoms in total. The molecule has 0 bridgehead atoms. The van der Waals surface area contributed by atoms with Crippen molar-refractivity contribution < 1.29 is 9.05 Å². The second-order valence-corrected chi connectivity index (χ2v) is 5.64. The summed E-state index contributed by atoms with van der Waals surface area (Å²) < 4.78 is 10.4. The first kappa shape index (κ1) is 14.8. The van der Waals surface area contributed by atoms with Gasteiger partial charge in [-0.05, 0) is 18.4 Å². The van der Waals surface area contributed by atoms with Crippen LogP contribution in [0.4, 0.5) is 0 Å². The molecule has 0 unspecified atom stereocenters. The lowest BCUT2D eigenvalue weighted by Crippen LogP contribution is -2.01. The Hall–Kier alpha value is -2.12. The number of nitrogens with two attached hydrogens (primary N) is 1. The van der Waals surface area contributed by atoms with Crippen molar-refractivity contribution in [2.45, 2.75) is 12.2 Å². The fourth-order valence-corrected chi connectivity index (χ4v) is 2.56. The predicted molar refractivity (Wildman–Crippen MR) is 85.2 cm³/mol. The van der Waals surface area contributed by atoms with E-state index in [4.69, 9.17) is 14.8 Å². The molecule has 114 valence electrons. The minimum atomic E-state index is 0.343. The summed E-state index contributed by atoms with van der Waals surface area (Å²) in [5, 5.41) is 7.92. The van der Waals surface area contributed by atoms with Crippen molar-refractivity contribution in [1.29, 1.82) is 0 Å². The fourth-order valence-electron chi connectivity index (χ4n) is 2.04. The molecule has 0 fully saturated rings. The molecule has 7 heteroatoms. The van der Waals surface area contributed by atoms with Crippen molar-refractivity contribution in [3.05, 3.63) is 41.7 Å². The summed E-state index contributed by atoms with van der Waals surface area (Å²) in [6, 6.07) is 9.88. The third kappa shape index (κ3) is 3.20. The van der Waals surface area contributed by atoms with E-state index < -0.39 is 0 Å². The maximum Gasteiger partial charge on any atom is 0.280 e. The van der Waals surface area contributed by atoms with Crippen LogP contribution < -0.4 is 5.73 Å². The van der Waals surface area contributed by atoms with Gasteiger partial charge in [0.15, 0.2) is 5.69 Å². The molecule has 22 heavy (non-hydrogen) atoms. The fraction of sp³-hybridized carbons (Fsp3) is 0.267. The van der Waals surface area contributed by atoms with Gasteiger partial charge in [0.25, 0.3) is 5.89 Å². The molecule has 3 rings (SSSR count). The van der Waals surface area contributed by atoms with Crippen LogP contribution in [0.3, 0.4) is 0 Å². The Morgan fingerprint density at radius 3 is 2.68 bits per heavy atom. The van der Waals surface area contributed by atoms with Gasteiger partial charge in [0.1, 0.15) is 5.76 Å². The minimum Gasteiger partial charge on any atom is -0.361 e. The number of nitrogens with zero attached hydrogens (tertiary/aromatic N) is 3. The molecule has 0 spiro atoms. The summed E-state index contributed by atoms with van der Waals surface area (Å²) in [7, 11) is 0. The standard InChI is InChI=1S/C15H16N4O2S/c1-22-9-10-2-4-11(5-3-10)14-17-15(21-19-14)13-8-12(6-7-16)20-18-13/h2-5,8H,6-7,9,16H2,1H3. The van der Waals surface area contributed by atoms with Crippen LogP contribution in [-0.2, 0) is 12.2 Å². The molecular weight excluding hydrogens is 300 g/mol. The van der Waals surface area contributed by atoms with Crippen molar-refractivity contribution in [1.82, 2.24) is 15.3 Å². The van der Waals surface area contributed by atoms with Crippen molar-refractivity contribution >= 4 is 11.8 Å². The van der Waals surface area contributed by atoms with Gasteiger partial charge in [0.05, 0.1) is 0 Å². The molecule has 0 amide bonds. The minimum absolute atomic E-state index is 0.343. The first-order valence-electron chi connectivity index (χ1n) is 6.88. The molecule has 2 aromatic heterocycles. The van der Waals surface area contributed by atoms with E-state index in [1.54, 1.807) is 17.8 Å². The second-order valence-electron chi connectivity index (χ2n) is 4.77. The van der Waals surface area contributed by atoms with Gasteiger partial charge in [0.2, 0.25) is 5.82 Å². The second kappa shape index (κ2) is 6.76. The van der Waals surface area contributed by atoms with Crippen LogP contribution in [0.15, 0.2) is 39.4 Å². The first-order chi connectivity index (χ1) is 10.8. The average Bonchev–Trinajstić information content (AvgIpc) is 3.18. The maximum atomic E-state index is 5.48. The van der Waals surface area contributed by atoms with E-state index in [0.717, 1.165) is 11.3 Å². The Kier molecular flexibility index (Phi) is 4.55. The molecule has 0 aliphatic heterocycles. The number of aromatic nitrogens is 3. The summed E-state index contributed by atoms with van der Waals surface area (Å²) in [4.78, 5) is 4.36. The maximum absolute atomic E-state index is 5.48. The van der Waals surface area contributed by atoms with Crippen LogP contribution in [0, 0.1) is 0 Å². The molecular formula is C15H16N4O2S. The summed E-state index contributed by atoms with van der Waals surface area (Å²) in [6.45, 7) is 0.506. The molecule has 0 saturated heterocycles. The Morgan fingerprint density at radius 1 is 1.14 bits per heavy atom. The van der Waals surface area contributed by atoms with Gasteiger partial charge in [-0.1, -0.05) is 34.6 Å². The smallest absolute Gasteiger partial charge is 0.280 e. The highest BCUT2D eigenvalue weighted by molar-refractivity contribution is 7.97. The third-order valence-electron chi connectivity index (χ3n) is 3.12. The third-order valence-corrected chi connectivity index (χ3v) is 3.74. The quantitative estimate of drug-likeness (QED) is 0.747. The van der Waals surface area contributed by atoms with Crippen LogP contribution in [0.1, 0.15) is 11.3 Å². The van der Waals surface area contributed by atoms with Gasteiger partial charge in [-0.3, -0.25) is 0 Å². The van der Waals surface area contributed by atoms with E-state index in [1.165, 1.54) is 5.56 Å². The van der Waals surface area contributed by atoms with Crippen molar-refractivity contribution in [2.75, 3.05) is 12.8 Å². The summed E-state index contributed by atoms with van der Waals surface area (Å²) in [5.74, 6) is 2.57. The Labute approximate surface area is 132 Å². The highest BCUT2D eigenvalue weighted by Gasteiger charge is 2.14. The van der Waals surface area contributed by atoms with Crippen molar-refractivity contribution in [3.63, 3.8) is 0 Å². The van der Waals surface area contributed by atoms with Gasteiger partial charge in [0, 0.05) is 23.8 Å². The van der Waals surface area contributed by atoms with Crippen LogP contribution >= 0.6 is 11.8 Å². The number of benzene rings is 1. The summed E-state index contributed by atoms with van der Waals surface area (Å²) in [6.07, 6.45) is 2.71. The summed E-state index contributed by atoms with van der Waals surface area (Å²) in [5.41, 5.74) is 8.18. The van der Waals surface area contributed by atoms with Crippen LogP contribution in [-0.4, -0.2) is 28.1 Å². The molecule has 2 N–H and O–H groups in total. The van der Waals surface area contributed by atoms with E-state index in [-0.39, 0.29) is 0 Å². The molecule has 0 atom stereocenters. The van der Waals surface area contributed by atoms with Crippen LogP contribution in [0.2, 0.25) is 0 Å². The van der Waals surface area contributed by atoms with Gasteiger partial charge >= 0.3 is 0 Å². The van der Waals surface area contributed by atoms with Crippen LogP contribution in [0.25, 0.3) is 23.0 Å². The molecule has 2 heterocycles. The predicted octanol–water partition coefficient (Wildman–Crippen LogP) is 2.76. The molecule has 0 saturated carbocycles. The van der Waals surface area contributed by atoms with Gasteiger partial charge < -0.3 is 14.8 Å². The molecule has 3 aromatic rings. The molecule has 0 aliphatic rings. The van der Waals surface area contributed by atoms with Gasteiger partial charge in [-0.25, -0.2) is 0 Å². The highest BCUT2D eigenvalue weighted by atomic mass is 32.2. The normalized spacial score (nSPS) is 11.0. The number of rotatable bonds is 6. The Morgan fingerprint density at radius 2 is 1.95 bits per heavy atom. The van der Waals surface area contributed by atoms with Gasteiger partial charge in [-0.15, -0.1) is 0 Å². The van der Waals surface area contributed by atoms with Crippen molar-refractivity contribution in [2.24, 2.45) is 5.73 Å². The molecule has 0 aliphatic carbocycles. The van der Waals surface area contributed by atoms with Gasteiger partial charge in [-0.2, -0.15) is 16.7 Å². The zero-order valence-corrected chi connectivity index (χ0v) is 13.0. The Balaban J connectivity index is 1.80. The summed E-state index contributed by atoms with van der Waals surface area (Å²) >= 11 is 1.79. The molecule has 1 aromatic carbocycles. The SMILES string of the molecule is CSCc1ccc(-c2noc(-c3cc(CCN)on3)n2)cc1. The number of thioether (sulfide) groups is 1. The van der Waals surface area contributed by atoms with E-state index in [1.807, 2.05) is 12.1 Å². The average molecular weight is 316 g/mol. The largest absolute Gasteiger partial charge is 0.361 e. The number of hydrogen-bond acceptors (Lipinski definition) is 7.